The van der Waals surface area contributed by atoms with Crippen LogP contribution in [0.3, 0.4) is 0 Å². The standard InChI is InChI=1S/C34H51NO5Si/c1-11-12-13-14-24-18-28(36)32(26-17-22(4)15-16-25(26)21(2)3)29(19-24)39-30(37)20-27-31(33(38)35-27)23(5)40-41(9,10)34(6,7)8/h17-20,23,25-26,31,36H,2,11-16H2,1,3-10H3,(H,35,38)/b27-20-/t23-,25+,26-,31-/m1/s1. The van der Waals surface area contributed by atoms with Crippen molar-refractivity contribution in [3.8, 4) is 11.5 Å². The predicted molar refractivity (Wildman–Crippen MR) is 168 cm³/mol. The Morgan fingerprint density at radius 2 is 1.95 bits per heavy atom. The van der Waals surface area contributed by atoms with Gasteiger partial charge in [-0.05, 0) is 88.2 Å². The number of phenolic OH excluding ortho intramolecular Hbond substituents is 1. The second-order valence-corrected chi connectivity index (χ2v) is 18.3. The smallest absolute Gasteiger partial charge is 0.337 e. The summed E-state index contributed by atoms with van der Waals surface area (Å²) in [5.74, 6) is -0.777. The van der Waals surface area contributed by atoms with Gasteiger partial charge in [-0.15, -0.1) is 0 Å². The molecule has 6 nitrogen and oxygen atoms in total. The third-order valence-electron chi connectivity index (χ3n) is 9.09. The molecular weight excluding hydrogens is 530 g/mol. The lowest BCUT2D eigenvalue weighted by Gasteiger charge is -2.42. The van der Waals surface area contributed by atoms with E-state index in [-0.39, 0.29) is 34.6 Å². The molecule has 7 heteroatoms. The number of hydrogen-bond acceptors (Lipinski definition) is 5. The Hall–Kier alpha value is -2.64. The van der Waals surface area contributed by atoms with Gasteiger partial charge in [-0.1, -0.05) is 64.3 Å². The molecular formula is C34H51NO5Si. The number of nitrogens with one attached hydrogen (secondary N) is 1. The molecule has 2 N–H and O–H groups in total. The van der Waals surface area contributed by atoms with Gasteiger partial charge >= 0.3 is 5.97 Å². The van der Waals surface area contributed by atoms with Crippen molar-refractivity contribution in [2.24, 2.45) is 11.8 Å². The van der Waals surface area contributed by atoms with Crippen LogP contribution in [0, 0.1) is 11.8 Å². The highest BCUT2D eigenvalue weighted by Gasteiger charge is 2.45. The van der Waals surface area contributed by atoms with Gasteiger partial charge in [-0.25, -0.2) is 4.79 Å². The number of benzene rings is 1. The average molecular weight is 582 g/mol. The molecule has 1 fully saturated rings. The van der Waals surface area contributed by atoms with Crippen LogP contribution < -0.4 is 10.1 Å². The van der Waals surface area contributed by atoms with Crippen LogP contribution in [0.15, 0.2) is 47.7 Å². The number of phenols is 1. The lowest BCUT2D eigenvalue weighted by Crippen LogP contribution is -2.55. The van der Waals surface area contributed by atoms with E-state index >= 15 is 0 Å². The number of rotatable bonds is 11. The third kappa shape index (κ3) is 7.80. The zero-order valence-electron chi connectivity index (χ0n) is 26.6. The molecule has 0 spiro atoms. The summed E-state index contributed by atoms with van der Waals surface area (Å²) >= 11 is 0. The number of ether oxygens (including phenoxy) is 1. The van der Waals surface area contributed by atoms with Gasteiger partial charge in [0.1, 0.15) is 17.4 Å². The highest BCUT2D eigenvalue weighted by Crippen LogP contribution is 2.47. The van der Waals surface area contributed by atoms with Gasteiger partial charge < -0.3 is 19.6 Å². The van der Waals surface area contributed by atoms with Gasteiger partial charge in [0.25, 0.3) is 0 Å². The summed E-state index contributed by atoms with van der Waals surface area (Å²) < 4.78 is 12.5. The molecule has 0 saturated carbocycles. The van der Waals surface area contributed by atoms with Gasteiger partial charge in [-0.2, -0.15) is 0 Å². The van der Waals surface area contributed by atoms with Crippen molar-refractivity contribution in [3.05, 3.63) is 58.8 Å². The van der Waals surface area contributed by atoms with Crippen LogP contribution in [0.5, 0.6) is 11.5 Å². The summed E-state index contributed by atoms with van der Waals surface area (Å²) in [7, 11) is -2.11. The van der Waals surface area contributed by atoms with E-state index < -0.39 is 20.2 Å². The molecule has 1 aromatic carbocycles. The van der Waals surface area contributed by atoms with Crippen LogP contribution in [0.2, 0.25) is 18.1 Å². The molecule has 0 bridgehead atoms. The van der Waals surface area contributed by atoms with E-state index in [0.717, 1.165) is 49.7 Å². The lowest BCUT2D eigenvalue weighted by molar-refractivity contribution is -0.131. The molecule has 2 aliphatic rings. The first-order chi connectivity index (χ1) is 19.1. The molecule has 41 heavy (non-hydrogen) atoms. The Morgan fingerprint density at radius 1 is 1.27 bits per heavy atom. The molecule has 1 aromatic rings. The van der Waals surface area contributed by atoms with E-state index in [0.29, 0.717) is 17.0 Å². The maximum atomic E-state index is 13.3. The molecule has 0 radical (unpaired) electrons. The summed E-state index contributed by atoms with van der Waals surface area (Å²) in [6.45, 7) is 23.2. The number of aromatic hydroxyl groups is 1. The fraction of sp³-hybridized carbons (Fsp3) is 0.588. The molecule has 1 aliphatic heterocycles. The van der Waals surface area contributed by atoms with E-state index in [9.17, 15) is 14.7 Å². The number of β-lactam (4-membered cyclic amide) rings is 1. The maximum absolute atomic E-state index is 13.3. The first-order valence-corrected chi connectivity index (χ1v) is 18.1. The number of allylic oxidation sites excluding steroid dienone is 3. The Kier molecular flexibility index (Phi) is 10.5. The van der Waals surface area contributed by atoms with Crippen molar-refractivity contribution >= 4 is 20.2 Å². The topological polar surface area (TPSA) is 84.9 Å². The van der Waals surface area contributed by atoms with E-state index in [1.807, 2.05) is 26.0 Å². The number of carbonyl (C=O) groups is 2. The van der Waals surface area contributed by atoms with Crippen molar-refractivity contribution < 1.29 is 23.9 Å². The molecule has 1 amide bonds. The Morgan fingerprint density at radius 3 is 2.54 bits per heavy atom. The number of unbranched alkanes of at least 4 members (excludes halogenated alkanes) is 2. The van der Waals surface area contributed by atoms with Crippen molar-refractivity contribution in [2.75, 3.05) is 0 Å². The van der Waals surface area contributed by atoms with Crippen LogP contribution in [-0.4, -0.2) is 31.4 Å². The van der Waals surface area contributed by atoms with Gasteiger partial charge in [0.2, 0.25) is 5.91 Å². The Bertz CT molecular complexity index is 1220. The van der Waals surface area contributed by atoms with Crippen molar-refractivity contribution in [1.29, 1.82) is 0 Å². The average Bonchev–Trinajstić information content (AvgIpc) is 2.82. The summed E-state index contributed by atoms with van der Waals surface area (Å²) in [6.07, 6.45) is 9.03. The number of aryl methyl sites for hydroxylation is 1. The van der Waals surface area contributed by atoms with Crippen LogP contribution in [0.1, 0.15) is 97.6 Å². The Balaban J connectivity index is 1.93. The molecule has 3 rings (SSSR count). The second kappa shape index (κ2) is 13.1. The Labute approximate surface area is 248 Å². The second-order valence-electron chi connectivity index (χ2n) is 13.6. The zero-order valence-corrected chi connectivity index (χ0v) is 27.6. The van der Waals surface area contributed by atoms with Crippen LogP contribution in [0.4, 0.5) is 0 Å². The van der Waals surface area contributed by atoms with E-state index in [4.69, 9.17) is 9.16 Å². The summed E-state index contributed by atoms with van der Waals surface area (Å²) in [5, 5.41) is 14.1. The molecule has 1 saturated heterocycles. The van der Waals surface area contributed by atoms with Crippen LogP contribution in [-0.2, 0) is 20.4 Å². The van der Waals surface area contributed by atoms with Gasteiger partial charge in [0.15, 0.2) is 8.32 Å². The summed E-state index contributed by atoms with van der Waals surface area (Å²) in [5.41, 5.74) is 4.34. The number of amides is 1. The first kappa shape index (κ1) is 32.9. The van der Waals surface area contributed by atoms with E-state index in [2.05, 4.69) is 65.7 Å². The van der Waals surface area contributed by atoms with Gasteiger partial charge in [0.05, 0.1) is 6.10 Å². The molecule has 4 atom stereocenters. The summed E-state index contributed by atoms with van der Waals surface area (Å²) in [6, 6.07) is 3.71. The fourth-order valence-electron chi connectivity index (χ4n) is 5.64. The monoisotopic (exact) mass is 581 g/mol. The van der Waals surface area contributed by atoms with Gasteiger partial charge in [-0.3, -0.25) is 4.79 Å². The molecule has 1 heterocycles. The fourth-order valence-corrected chi connectivity index (χ4v) is 7.06. The largest absolute Gasteiger partial charge is 0.507 e. The highest BCUT2D eigenvalue weighted by molar-refractivity contribution is 6.74. The lowest BCUT2D eigenvalue weighted by atomic mass is 9.73. The minimum atomic E-state index is -2.11. The van der Waals surface area contributed by atoms with Crippen molar-refractivity contribution in [1.82, 2.24) is 5.32 Å². The predicted octanol–water partition coefficient (Wildman–Crippen LogP) is 8.09. The van der Waals surface area contributed by atoms with Gasteiger partial charge in [0, 0.05) is 23.3 Å². The van der Waals surface area contributed by atoms with Crippen molar-refractivity contribution in [2.45, 2.75) is 117 Å². The molecule has 0 aromatic heterocycles. The van der Waals surface area contributed by atoms with Crippen LogP contribution >= 0.6 is 0 Å². The number of esters is 1. The normalized spacial score (nSPS) is 23.0. The third-order valence-corrected chi connectivity index (χ3v) is 13.7. The maximum Gasteiger partial charge on any atom is 0.337 e. The zero-order chi connectivity index (χ0) is 30.7. The van der Waals surface area contributed by atoms with Crippen molar-refractivity contribution in [3.63, 3.8) is 0 Å². The number of carbonyl (C=O) groups excluding carboxylic acids is 2. The molecule has 1 aliphatic carbocycles. The summed E-state index contributed by atoms with van der Waals surface area (Å²) in [4.78, 5) is 25.9. The van der Waals surface area contributed by atoms with Crippen LogP contribution in [0.25, 0.3) is 0 Å². The minimum Gasteiger partial charge on any atom is -0.507 e. The van der Waals surface area contributed by atoms with E-state index in [1.54, 1.807) is 0 Å². The number of hydrogen-bond donors (Lipinski definition) is 2. The molecule has 226 valence electrons. The van der Waals surface area contributed by atoms with E-state index in [1.165, 1.54) is 11.6 Å². The SMILES string of the molecule is C=C(C)[C@@H]1CCC(C)=C[C@H]1c1c(O)cc(CCCCC)cc1OC(=O)/C=C1\NC(=O)[C@@H]1[C@@H](C)O[Si](C)(C)C(C)(C)C. The minimum absolute atomic E-state index is 0.00158. The molecule has 0 unspecified atom stereocenters. The highest BCUT2D eigenvalue weighted by atomic mass is 28.4. The first-order valence-electron chi connectivity index (χ1n) is 15.2. The quantitative estimate of drug-likeness (QED) is 0.0525.